The van der Waals surface area contributed by atoms with Gasteiger partial charge >= 0.3 is 0 Å². The van der Waals surface area contributed by atoms with Crippen molar-refractivity contribution in [2.45, 2.75) is 56.0 Å². The number of fused-ring (bicyclic) bond motifs is 1. The van der Waals surface area contributed by atoms with Gasteiger partial charge in [0.1, 0.15) is 17.4 Å². The first kappa shape index (κ1) is 25.4. The summed E-state index contributed by atoms with van der Waals surface area (Å²) in [5, 5.41) is 3.14. The van der Waals surface area contributed by atoms with E-state index < -0.39 is 9.84 Å². The topological polar surface area (TPSA) is 142 Å². The van der Waals surface area contributed by atoms with Gasteiger partial charge in [-0.15, -0.1) is 0 Å². The molecule has 0 aliphatic heterocycles. The van der Waals surface area contributed by atoms with Crippen LogP contribution in [0.15, 0.2) is 46.5 Å². The molecule has 4 aromatic rings. The van der Waals surface area contributed by atoms with Gasteiger partial charge < -0.3 is 10.1 Å². The Hall–Kier alpha value is -3.93. The zero-order chi connectivity index (χ0) is 27.3. The second-order valence-electron chi connectivity index (χ2n) is 10.3. The van der Waals surface area contributed by atoms with Crippen LogP contribution in [0.25, 0.3) is 22.6 Å². The van der Waals surface area contributed by atoms with Gasteiger partial charge in [0.25, 0.3) is 5.56 Å². The number of hydrogen-bond acceptors (Lipinski definition) is 10. The molecular formula is C27H29N7O4S. The number of benzene rings is 1. The molecule has 0 radical (unpaired) electrons. The number of anilines is 1. The van der Waals surface area contributed by atoms with Gasteiger partial charge in [-0.1, -0.05) is 12.1 Å². The van der Waals surface area contributed by atoms with Crippen LogP contribution in [0.1, 0.15) is 55.8 Å². The van der Waals surface area contributed by atoms with E-state index in [1.165, 1.54) is 12.6 Å². The summed E-state index contributed by atoms with van der Waals surface area (Å²) >= 11 is 0. The fourth-order valence-corrected chi connectivity index (χ4v) is 5.49. The van der Waals surface area contributed by atoms with Crippen LogP contribution in [0.5, 0.6) is 5.88 Å². The first-order valence-corrected chi connectivity index (χ1v) is 14.8. The molecule has 2 saturated carbocycles. The van der Waals surface area contributed by atoms with Gasteiger partial charge in [0.05, 0.1) is 23.9 Å². The molecule has 1 atom stereocenters. The molecule has 12 heteroatoms. The Morgan fingerprint density at radius 1 is 1.08 bits per heavy atom. The largest absolute Gasteiger partial charge is 0.480 e. The smallest absolute Gasteiger partial charge is 0.295 e. The summed E-state index contributed by atoms with van der Waals surface area (Å²) in [6.07, 6.45) is 8.48. The lowest BCUT2D eigenvalue weighted by atomic mass is 10.1. The summed E-state index contributed by atoms with van der Waals surface area (Å²) in [5.41, 5.74) is 3.02. The van der Waals surface area contributed by atoms with Crippen LogP contribution >= 0.6 is 0 Å². The van der Waals surface area contributed by atoms with E-state index in [0.717, 1.165) is 36.9 Å². The van der Waals surface area contributed by atoms with Crippen molar-refractivity contribution < 1.29 is 13.2 Å². The van der Waals surface area contributed by atoms with Gasteiger partial charge in [-0.25, -0.2) is 33.3 Å². The highest BCUT2D eigenvalue weighted by atomic mass is 32.2. The van der Waals surface area contributed by atoms with Gasteiger partial charge in [-0.3, -0.25) is 9.36 Å². The van der Waals surface area contributed by atoms with E-state index in [1.807, 2.05) is 6.92 Å². The number of aromatic nitrogens is 6. The predicted molar refractivity (Wildman–Crippen MR) is 145 cm³/mol. The van der Waals surface area contributed by atoms with Gasteiger partial charge in [0, 0.05) is 24.8 Å². The lowest BCUT2D eigenvalue weighted by Crippen LogP contribution is -2.29. The zero-order valence-electron chi connectivity index (χ0n) is 22.0. The predicted octanol–water partition coefficient (Wildman–Crippen LogP) is 3.52. The maximum absolute atomic E-state index is 13.8. The molecule has 2 aliphatic rings. The van der Waals surface area contributed by atoms with E-state index in [9.17, 15) is 13.2 Å². The van der Waals surface area contributed by atoms with Gasteiger partial charge in [0.15, 0.2) is 27.1 Å². The van der Waals surface area contributed by atoms with Crippen molar-refractivity contribution in [2.24, 2.45) is 5.92 Å². The number of ether oxygens (including phenoxy) is 1. The molecule has 1 aromatic carbocycles. The number of methoxy groups -OCH3 is 1. The van der Waals surface area contributed by atoms with Crippen molar-refractivity contribution in [1.29, 1.82) is 0 Å². The summed E-state index contributed by atoms with van der Waals surface area (Å²) < 4.78 is 30.8. The lowest BCUT2D eigenvalue weighted by molar-refractivity contribution is 0.397. The van der Waals surface area contributed by atoms with Crippen molar-refractivity contribution in [3.05, 3.63) is 58.4 Å². The molecule has 0 spiro atoms. The molecule has 202 valence electrons. The summed E-state index contributed by atoms with van der Waals surface area (Å²) in [5.74, 6) is 1.72. The first-order valence-electron chi connectivity index (χ1n) is 13.0. The molecule has 0 saturated heterocycles. The minimum Gasteiger partial charge on any atom is -0.480 e. The second kappa shape index (κ2) is 9.67. The van der Waals surface area contributed by atoms with Gasteiger partial charge in [0.2, 0.25) is 5.88 Å². The van der Waals surface area contributed by atoms with Crippen molar-refractivity contribution in [3.8, 4) is 17.3 Å². The normalized spacial score (nSPS) is 16.3. The Morgan fingerprint density at radius 3 is 2.46 bits per heavy atom. The fourth-order valence-electron chi connectivity index (χ4n) is 4.86. The monoisotopic (exact) mass is 547 g/mol. The third-order valence-corrected chi connectivity index (χ3v) is 8.51. The Morgan fingerprint density at radius 2 is 1.82 bits per heavy atom. The highest BCUT2D eigenvalue weighted by Gasteiger charge is 2.34. The molecule has 0 bridgehead atoms. The molecule has 1 N–H and O–H groups in total. The van der Waals surface area contributed by atoms with Crippen LogP contribution in [0.4, 0.5) is 5.82 Å². The number of nitrogens with zero attached hydrogens (tertiary/aromatic N) is 6. The van der Waals surface area contributed by atoms with Crippen LogP contribution in [0.2, 0.25) is 0 Å². The molecule has 2 fully saturated rings. The maximum Gasteiger partial charge on any atom is 0.295 e. The zero-order valence-corrected chi connectivity index (χ0v) is 22.8. The summed E-state index contributed by atoms with van der Waals surface area (Å²) in [6, 6.07) is 6.48. The average molecular weight is 548 g/mol. The SMILES string of the molecule is COc1ncnc(C2CC2)c1-c1ncc2nc(NCc3ccc(S(C)(=O)=O)cc3)c(=O)n([C@@H](C)C3CC3)c2n1. The number of hydrogen-bond donors (Lipinski definition) is 1. The van der Waals surface area contributed by atoms with Crippen molar-refractivity contribution in [1.82, 2.24) is 29.5 Å². The Kier molecular flexibility index (Phi) is 6.29. The van der Waals surface area contributed by atoms with E-state index >= 15 is 0 Å². The summed E-state index contributed by atoms with van der Waals surface area (Å²) in [7, 11) is -1.72. The summed E-state index contributed by atoms with van der Waals surface area (Å²) in [6.45, 7) is 2.34. The molecule has 3 heterocycles. The molecule has 0 unspecified atom stereocenters. The second-order valence-corrected chi connectivity index (χ2v) is 12.3. The van der Waals surface area contributed by atoms with E-state index in [1.54, 1.807) is 42.1 Å². The van der Waals surface area contributed by atoms with Crippen LogP contribution in [-0.4, -0.2) is 51.3 Å². The molecule has 3 aromatic heterocycles. The van der Waals surface area contributed by atoms with Crippen molar-refractivity contribution in [2.75, 3.05) is 18.7 Å². The van der Waals surface area contributed by atoms with Crippen molar-refractivity contribution in [3.63, 3.8) is 0 Å². The van der Waals surface area contributed by atoms with E-state index in [2.05, 4.69) is 25.3 Å². The lowest BCUT2D eigenvalue weighted by Gasteiger charge is -2.19. The number of nitrogens with one attached hydrogen (secondary N) is 1. The third-order valence-electron chi connectivity index (χ3n) is 7.38. The fraction of sp³-hybridized carbons (Fsp3) is 0.407. The van der Waals surface area contributed by atoms with Crippen molar-refractivity contribution >= 4 is 26.8 Å². The van der Waals surface area contributed by atoms with Crippen LogP contribution < -0.4 is 15.6 Å². The van der Waals surface area contributed by atoms with Crippen LogP contribution in [0.3, 0.4) is 0 Å². The Bertz CT molecular complexity index is 1730. The standard InChI is InChI=1S/C27H29N7O4S/c1-15(17-6-7-17)34-25-20(13-29-23(33-25)21-22(18-8-9-18)30-14-31-26(21)38-2)32-24(27(34)35)28-12-16-4-10-19(11-5-16)39(3,36)37/h4-5,10-11,13-15,17-18H,6-9,12H2,1-3H3,(H,28,32)/t15-/m0/s1. The number of rotatable bonds is 9. The van der Waals surface area contributed by atoms with E-state index in [-0.39, 0.29) is 22.3 Å². The summed E-state index contributed by atoms with van der Waals surface area (Å²) in [4.78, 5) is 36.9. The number of sulfone groups is 1. The minimum atomic E-state index is -3.28. The first-order chi connectivity index (χ1) is 18.7. The van der Waals surface area contributed by atoms with E-state index in [4.69, 9.17) is 9.72 Å². The molecular weight excluding hydrogens is 518 g/mol. The third kappa shape index (κ3) is 4.96. The van der Waals surface area contributed by atoms with E-state index in [0.29, 0.717) is 46.8 Å². The highest BCUT2D eigenvalue weighted by molar-refractivity contribution is 7.90. The Labute approximate surface area is 225 Å². The molecule has 39 heavy (non-hydrogen) atoms. The minimum absolute atomic E-state index is 0.0721. The highest BCUT2D eigenvalue weighted by Crippen LogP contribution is 2.45. The average Bonchev–Trinajstić information content (AvgIpc) is 3.84. The quantitative estimate of drug-likeness (QED) is 0.331. The van der Waals surface area contributed by atoms with Gasteiger partial charge in [-0.05, 0) is 56.2 Å². The Balaban J connectivity index is 1.41. The van der Waals surface area contributed by atoms with Crippen LogP contribution in [-0.2, 0) is 16.4 Å². The molecule has 6 rings (SSSR count). The molecule has 0 amide bonds. The van der Waals surface area contributed by atoms with Crippen LogP contribution in [0, 0.1) is 5.92 Å². The molecule has 2 aliphatic carbocycles. The maximum atomic E-state index is 13.8. The van der Waals surface area contributed by atoms with Gasteiger partial charge in [-0.2, -0.15) is 0 Å². The molecule has 11 nitrogen and oxygen atoms in total.